The molecule has 2 atom stereocenters. The zero-order valence-electron chi connectivity index (χ0n) is 17.4. The highest BCUT2D eigenvalue weighted by Gasteiger charge is 2.50. The van der Waals surface area contributed by atoms with E-state index in [1.165, 1.54) is 0 Å². The number of carbonyl (C=O) groups is 3. The first kappa shape index (κ1) is 21.1. The minimum atomic E-state index is -0.943. The zero-order chi connectivity index (χ0) is 21.0. The van der Waals surface area contributed by atoms with Crippen molar-refractivity contribution in [2.45, 2.75) is 51.6 Å². The maximum atomic E-state index is 12.8. The van der Waals surface area contributed by atoms with Crippen LogP contribution in [0.25, 0.3) is 0 Å². The number of unbranched alkanes of at least 4 members (excludes halogenated alkanes) is 1. The van der Waals surface area contributed by atoms with Crippen molar-refractivity contribution in [2.24, 2.45) is 0 Å². The van der Waals surface area contributed by atoms with Gasteiger partial charge in [0.05, 0.1) is 13.2 Å². The number of anilines is 2. The molecule has 8 heteroatoms. The minimum absolute atomic E-state index is 0.346. The topological polar surface area (TPSA) is 91.0 Å². The number of hydrogen-bond acceptors (Lipinski definition) is 5. The Balaban J connectivity index is 1.63. The van der Waals surface area contributed by atoms with Gasteiger partial charge in [-0.3, -0.25) is 9.59 Å². The number of amides is 4. The third-order valence-electron chi connectivity index (χ3n) is 5.60. The molecule has 2 N–H and O–H groups in total. The van der Waals surface area contributed by atoms with Crippen LogP contribution >= 0.6 is 0 Å². The summed E-state index contributed by atoms with van der Waals surface area (Å²) >= 11 is 0. The lowest BCUT2D eigenvalue weighted by Crippen LogP contribution is -2.48. The average Bonchev–Trinajstić information content (AvgIpc) is 2.95. The van der Waals surface area contributed by atoms with E-state index in [-0.39, 0.29) is 5.91 Å². The van der Waals surface area contributed by atoms with Crippen molar-refractivity contribution in [1.82, 2.24) is 10.2 Å². The largest absolute Gasteiger partial charge is 0.378 e. The summed E-state index contributed by atoms with van der Waals surface area (Å²) in [6.45, 7) is 8.41. The number of nitrogens with one attached hydrogen (secondary N) is 2. The molecule has 0 spiro atoms. The summed E-state index contributed by atoms with van der Waals surface area (Å²) in [6, 6.07) is 6.13. The number of nitrogens with zero attached hydrogens (tertiary/aromatic N) is 2. The van der Waals surface area contributed by atoms with E-state index in [1.807, 2.05) is 31.2 Å². The van der Waals surface area contributed by atoms with Crippen LogP contribution < -0.4 is 15.5 Å². The first-order chi connectivity index (χ1) is 13.9. The van der Waals surface area contributed by atoms with Gasteiger partial charge in [-0.2, -0.15) is 0 Å². The molecule has 29 heavy (non-hydrogen) atoms. The smallest absolute Gasteiger partial charge is 0.325 e. The lowest BCUT2D eigenvalue weighted by Gasteiger charge is -2.29. The van der Waals surface area contributed by atoms with Crippen molar-refractivity contribution in [3.05, 3.63) is 24.3 Å². The van der Waals surface area contributed by atoms with Gasteiger partial charge in [0.25, 0.3) is 5.91 Å². The molecule has 1 aromatic carbocycles. The van der Waals surface area contributed by atoms with Crippen LogP contribution in [0.3, 0.4) is 0 Å². The van der Waals surface area contributed by atoms with Crippen molar-refractivity contribution in [1.29, 1.82) is 0 Å². The highest BCUT2D eigenvalue weighted by molar-refractivity contribution is 6.11. The fourth-order valence-corrected chi connectivity index (χ4v) is 3.70. The van der Waals surface area contributed by atoms with Crippen LogP contribution in [0.1, 0.15) is 40.0 Å². The molecular weight excluding hydrogens is 372 g/mol. The average molecular weight is 402 g/mol. The Hall–Kier alpha value is -2.61. The van der Waals surface area contributed by atoms with Gasteiger partial charge in [0, 0.05) is 24.5 Å². The summed E-state index contributed by atoms with van der Waals surface area (Å²) in [6.07, 6.45) is 2.31. The minimum Gasteiger partial charge on any atom is -0.378 e. The molecule has 2 unspecified atom stereocenters. The first-order valence-corrected chi connectivity index (χ1v) is 10.2. The first-order valence-electron chi connectivity index (χ1n) is 10.2. The van der Waals surface area contributed by atoms with Crippen LogP contribution in [0.2, 0.25) is 0 Å². The van der Waals surface area contributed by atoms with Crippen molar-refractivity contribution in [3.63, 3.8) is 0 Å². The Labute approximate surface area is 171 Å². The maximum Gasteiger partial charge on any atom is 0.325 e. The number of hydrogen-bond donors (Lipinski definition) is 2. The molecule has 0 bridgehead atoms. The molecule has 2 fully saturated rings. The molecule has 2 heterocycles. The van der Waals surface area contributed by atoms with Crippen molar-refractivity contribution >= 4 is 29.2 Å². The molecule has 2 aliphatic rings. The van der Waals surface area contributed by atoms with E-state index in [2.05, 4.69) is 15.5 Å². The number of urea groups is 1. The molecule has 1 aromatic rings. The van der Waals surface area contributed by atoms with Crippen LogP contribution in [0.15, 0.2) is 24.3 Å². The van der Waals surface area contributed by atoms with Gasteiger partial charge in [-0.05, 0) is 44.5 Å². The molecule has 2 saturated heterocycles. The van der Waals surface area contributed by atoms with E-state index in [0.717, 1.165) is 36.5 Å². The molecule has 0 aromatic heterocycles. The number of imide groups is 1. The van der Waals surface area contributed by atoms with Crippen LogP contribution in [0, 0.1) is 0 Å². The van der Waals surface area contributed by atoms with E-state index in [9.17, 15) is 14.4 Å². The van der Waals surface area contributed by atoms with Gasteiger partial charge in [0.2, 0.25) is 5.91 Å². The number of ether oxygens (including phenoxy) is 1. The van der Waals surface area contributed by atoms with Gasteiger partial charge in [-0.1, -0.05) is 19.8 Å². The highest BCUT2D eigenvalue weighted by atomic mass is 16.5. The van der Waals surface area contributed by atoms with Gasteiger partial charge in [-0.25, -0.2) is 9.69 Å². The number of benzene rings is 1. The lowest BCUT2D eigenvalue weighted by atomic mass is 9.95. The Morgan fingerprint density at radius 3 is 2.52 bits per heavy atom. The fraction of sp³-hybridized carbons (Fsp3) is 0.571. The summed E-state index contributed by atoms with van der Waals surface area (Å²) in [5, 5.41) is 5.55. The summed E-state index contributed by atoms with van der Waals surface area (Å²) in [5.41, 5.74) is 0.751. The van der Waals surface area contributed by atoms with E-state index in [1.54, 1.807) is 13.8 Å². The van der Waals surface area contributed by atoms with E-state index >= 15 is 0 Å². The molecular formula is C21H30N4O4. The van der Waals surface area contributed by atoms with Crippen LogP contribution in [-0.2, 0) is 14.3 Å². The monoisotopic (exact) mass is 402 g/mol. The van der Waals surface area contributed by atoms with Crippen LogP contribution in [0.4, 0.5) is 16.2 Å². The zero-order valence-corrected chi connectivity index (χ0v) is 17.4. The van der Waals surface area contributed by atoms with Crippen molar-refractivity contribution in [3.8, 4) is 0 Å². The molecule has 8 nitrogen and oxygen atoms in total. The van der Waals surface area contributed by atoms with Crippen molar-refractivity contribution in [2.75, 3.05) is 36.5 Å². The summed E-state index contributed by atoms with van der Waals surface area (Å²) in [4.78, 5) is 41.1. The standard InChI is InChI=1S/C21H30N4O4/c1-4-5-10-21(3)19(27)25(20(28)23-21)15(2)18(26)22-16-6-8-17(9-7-16)24-11-13-29-14-12-24/h6-9,15H,4-5,10-14H2,1-3H3,(H,22,26)(H,23,28). The Bertz CT molecular complexity index is 760. The predicted octanol–water partition coefficient (Wildman–Crippen LogP) is 2.35. The normalized spacial score (nSPS) is 23.1. The summed E-state index contributed by atoms with van der Waals surface area (Å²) in [5.74, 6) is -0.742. The van der Waals surface area contributed by atoms with Gasteiger partial charge in [0.1, 0.15) is 11.6 Å². The van der Waals surface area contributed by atoms with Gasteiger partial charge in [0.15, 0.2) is 0 Å². The number of rotatable bonds is 7. The van der Waals surface area contributed by atoms with Gasteiger partial charge in [-0.15, -0.1) is 0 Å². The van der Waals surface area contributed by atoms with E-state index < -0.39 is 23.5 Å². The van der Waals surface area contributed by atoms with Crippen LogP contribution in [-0.4, -0.2) is 60.6 Å². The predicted molar refractivity (Wildman–Crippen MR) is 111 cm³/mol. The fourth-order valence-electron chi connectivity index (χ4n) is 3.70. The van der Waals surface area contributed by atoms with E-state index in [4.69, 9.17) is 4.74 Å². The quantitative estimate of drug-likeness (QED) is 0.683. The van der Waals surface area contributed by atoms with Crippen molar-refractivity contribution < 1.29 is 19.1 Å². The van der Waals surface area contributed by atoms with Gasteiger partial charge >= 0.3 is 6.03 Å². The molecule has 158 valence electrons. The lowest BCUT2D eigenvalue weighted by molar-refractivity contribution is -0.136. The Kier molecular flexibility index (Phi) is 6.42. The highest BCUT2D eigenvalue weighted by Crippen LogP contribution is 2.26. The van der Waals surface area contributed by atoms with Gasteiger partial charge < -0.3 is 20.3 Å². The van der Waals surface area contributed by atoms with E-state index in [0.29, 0.717) is 25.3 Å². The third-order valence-corrected chi connectivity index (χ3v) is 5.60. The molecule has 3 rings (SSSR count). The van der Waals surface area contributed by atoms with Crippen LogP contribution in [0.5, 0.6) is 0 Å². The summed E-state index contributed by atoms with van der Waals surface area (Å²) < 4.78 is 5.36. The second-order valence-corrected chi connectivity index (χ2v) is 7.85. The Morgan fingerprint density at radius 2 is 1.90 bits per heavy atom. The summed E-state index contributed by atoms with van der Waals surface area (Å²) in [7, 11) is 0. The molecule has 2 aliphatic heterocycles. The molecule has 4 amide bonds. The molecule has 0 aliphatic carbocycles. The third kappa shape index (κ3) is 4.53. The molecule has 0 saturated carbocycles. The Morgan fingerprint density at radius 1 is 1.24 bits per heavy atom. The second-order valence-electron chi connectivity index (χ2n) is 7.85. The number of carbonyl (C=O) groups excluding carboxylic acids is 3. The SMILES string of the molecule is CCCCC1(C)NC(=O)N(C(C)C(=O)Nc2ccc(N3CCOCC3)cc2)C1=O. The number of morpholine rings is 1. The molecule has 0 radical (unpaired) electrons. The maximum absolute atomic E-state index is 12.8. The second kappa shape index (κ2) is 8.82.